The number of fused-ring (bicyclic) bond motifs is 3. The van der Waals surface area contributed by atoms with Crippen molar-refractivity contribution in [3.05, 3.63) is 70.9 Å². The lowest BCUT2D eigenvalue weighted by Gasteiger charge is -2.11. The zero-order valence-electron chi connectivity index (χ0n) is 12.8. The number of non-ortho nitro benzene ring substituents is 1. The van der Waals surface area contributed by atoms with Crippen LogP contribution in [-0.2, 0) is 0 Å². The molecule has 6 heteroatoms. The Balaban J connectivity index is 2.05. The zero-order chi connectivity index (χ0) is 16.7. The van der Waals surface area contributed by atoms with Crippen molar-refractivity contribution >= 4 is 22.2 Å². The second-order valence-corrected chi connectivity index (χ2v) is 5.35. The molecule has 0 radical (unpaired) electrons. The van der Waals surface area contributed by atoms with Crippen LogP contribution >= 0.6 is 0 Å². The van der Waals surface area contributed by atoms with Crippen molar-refractivity contribution in [3.63, 3.8) is 0 Å². The number of rotatable bonds is 3. The minimum absolute atomic E-state index is 0.0113. The Morgan fingerprint density at radius 3 is 2.67 bits per heavy atom. The number of nitro benzene ring substituents is 1. The van der Waals surface area contributed by atoms with E-state index in [2.05, 4.69) is 4.40 Å². The van der Waals surface area contributed by atoms with Gasteiger partial charge in [-0.2, -0.15) is 0 Å². The molecule has 2 aromatic heterocycles. The Hall–Kier alpha value is -3.41. The average Bonchev–Trinajstić information content (AvgIpc) is 3.10. The van der Waals surface area contributed by atoms with E-state index < -0.39 is 4.92 Å². The molecule has 0 bridgehead atoms. The van der Waals surface area contributed by atoms with Gasteiger partial charge in [0.25, 0.3) is 5.69 Å². The van der Waals surface area contributed by atoms with Gasteiger partial charge in [0.15, 0.2) is 0 Å². The van der Waals surface area contributed by atoms with E-state index in [0.29, 0.717) is 5.75 Å². The zero-order valence-corrected chi connectivity index (χ0v) is 12.8. The van der Waals surface area contributed by atoms with Crippen LogP contribution in [0, 0.1) is 10.1 Å². The highest BCUT2D eigenvalue weighted by Gasteiger charge is 2.17. The Morgan fingerprint density at radius 2 is 1.88 bits per heavy atom. The van der Waals surface area contributed by atoms with Gasteiger partial charge in [0.2, 0.25) is 0 Å². The predicted molar refractivity (Wildman–Crippen MR) is 91.3 cm³/mol. The highest BCUT2D eigenvalue weighted by Crippen LogP contribution is 2.35. The molecule has 2 aromatic carbocycles. The number of methoxy groups -OCH3 is 1. The molecule has 0 fully saturated rings. The molecule has 118 valence electrons. The van der Waals surface area contributed by atoms with Crippen LogP contribution in [0.3, 0.4) is 0 Å². The molecule has 0 amide bonds. The first-order chi connectivity index (χ1) is 11.7. The minimum Gasteiger partial charge on any atom is -0.496 e. The van der Waals surface area contributed by atoms with Crippen LogP contribution in [0.15, 0.2) is 60.8 Å². The number of nitrogens with zero attached hydrogens (tertiary/aromatic N) is 3. The number of ether oxygens (including phenoxy) is 1. The molecule has 6 nitrogen and oxygen atoms in total. The molecule has 0 aliphatic heterocycles. The van der Waals surface area contributed by atoms with Gasteiger partial charge in [-0.15, -0.1) is 0 Å². The topological polar surface area (TPSA) is 69.7 Å². The summed E-state index contributed by atoms with van der Waals surface area (Å²) in [6, 6.07) is 16.3. The molecule has 0 atom stereocenters. The molecule has 0 aliphatic carbocycles. The molecule has 4 rings (SSSR count). The number of benzene rings is 2. The monoisotopic (exact) mass is 319 g/mol. The number of hydrogen-bond acceptors (Lipinski definition) is 4. The number of nitro groups is 1. The van der Waals surface area contributed by atoms with Crippen molar-refractivity contribution < 1.29 is 9.66 Å². The van der Waals surface area contributed by atoms with E-state index >= 15 is 0 Å². The fraction of sp³-hybridized carbons (Fsp3) is 0.0556. The summed E-state index contributed by atoms with van der Waals surface area (Å²) in [5, 5.41) is 11.0. The molecule has 0 spiro atoms. The van der Waals surface area contributed by atoms with Crippen LogP contribution in [0.4, 0.5) is 5.69 Å². The smallest absolute Gasteiger partial charge is 0.273 e. The molecule has 0 N–H and O–H groups in total. The summed E-state index contributed by atoms with van der Waals surface area (Å²) in [6.45, 7) is 0. The van der Waals surface area contributed by atoms with E-state index in [1.165, 1.54) is 19.2 Å². The van der Waals surface area contributed by atoms with Gasteiger partial charge in [-0.1, -0.05) is 12.1 Å². The SMILES string of the molecule is COc1cc([N+](=O)[O-])ccc1-c1nc2ccccc2n2cccc12. The summed E-state index contributed by atoms with van der Waals surface area (Å²) in [4.78, 5) is 15.3. The molecule has 2 heterocycles. The number of aromatic nitrogens is 2. The second kappa shape index (κ2) is 5.34. The summed E-state index contributed by atoms with van der Waals surface area (Å²) >= 11 is 0. The van der Waals surface area contributed by atoms with Crippen molar-refractivity contribution in [2.24, 2.45) is 0 Å². The van der Waals surface area contributed by atoms with Gasteiger partial charge in [-0.3, -0.25) is 10.1 Å². The van der Waals surface area contributed by atoms with Gasteiger partial charge < -0.3 is 9.14 Å². The average molecular weight is 319 g/mol. The maximum atomic E-state index is 11.0. The maximum Gasteiger partial charge on any atom is 0.273 e. The summed E-state index contributed by atoms with van der Waals surface area (Å²) in [5.74, 6) is 0.426. The molecular formula is C18H13N3O3. The van der Waals surface area contributed by atoms with Crippen LogP contribution < -0.4 is 4.74 Å². The highest BCUT2D eigenvalue weighted by atomic mass is 16.6. The van der Waals surface area contributed by atoms with Gasteiger partial charge >= 0.3 is 0 Å². The van der Waals surface area contributed by atoms with Crippen LogP contribution in [0.5, 0.6) is 5.75 Å². The van der Waals surface area contributed by atoms with E-state index in [0.717, 1.165) is 27.8 Å². The standard InChI is InChI=1S/C18H13N3O3/c1-24-17-11-12(21(22)23)8-9-13(17)18-16-7-4-10-20(16)15-6-3-2-5-14(15)19-18/h2-11H,1H3. The van der Waals surface area contributed by atoms with Crippen molar-refractivity contribution in [3.8, 4) is 17.0 Å². The summed E-state index contributed by atoms with van der Waals surface area (Å²) in [7, 11) is 1.50. The molecule has 24 heavy (non-hydrogen) atoms. The van der Waals surface area contributed by atoms with Gasteiger partial charge in [-0.05, 0) is 30.3 Å². The molecule has 0 unspecified atom stereocenters. The second-order valence-electron chi connectivity index (χ2n) is 5.35. The van der Waals surface area contributed by atoms with Crippen LogP contribution in [0.1, 0.15) is 0 Å². The van der Waals surface area contributed by atoms with E-state index in [4.69, 9.17) is 9.72 Å². The van der Waals surface area contributed by atoms with Crippen molar-refractivity contribution in [1.29, 1.82) is 0 Å². The quantitative estimate of drug-likeness (QED) is 0.421. The third kappa shape index (κ3) is 2.08. The Morgan fingerprint density at radius 1 is 1.08 bits per heavy atom. The molecule has 4 aromatic rings. The Kier molecular flexibility index (Phi) is 3.16. The van der Waals surface area contributed by atoms with Gasteiger partial charge in [0, 0.05) is 17.8 Å². The molecular weight excluding hydrogens is 306 g/mol. The number of para-hydroxylation sites is 2. The van der Waals surface area contributed by atoms with Crippen molar-refractivity contribution in [2.75, 3.05) is 7.11 Å². The third-order valence-corrected chi connectivity index (χ3v) is 4.02. The molecule has 0 aliphatic rings. The van der Waals surface area contributed by atoms with Crippen LogP contribution in [-0.4, -0.2) is 21.4 Å². The van der Waals surface area contributed by atoms with E-state index in [-0.39, 0.29) is 5.69 Å². The normalized spacial score (nSPS) is 11.0. The van der Waals surface area contributed by atoms with Crippen molar-refractivity contribution in [1.82, 2.24) is 9.38 Å². The largest absolute Gasteiger partial charge is 0.496 e. The van der Waals surface area contributed by atoms with Gasteiger partial charge in [0.05, 0.1) is 40.3 Å². The van der Waals surface area contributed by atoms with Crippen molar-refractivity contribution in [2.45, 2.75) is 0 Å². The lowest BCUT2D eigenvalue weighted by atomic mass is 10.1. The van der Waals surface area contributed by atoms with Crippen LogP contribution in [0.2, 0.25) is 0 Å². The minimum atomic E-state index is -0.438. The first kappa shape index (κ1) is 14.2. The van der Waals surface area contributed by atoms with Gasteiger partial charge in [0.1, 0.15) is 5.75 Å². The molecule has 0 saturated heterocycles. The first-order valence-electron chi connectivity index (χ1n) is 7.37. The lowest BCUT2D eigenvalue weighted by molar-refractivity contribution is -0.384. The van der Waals surface area contributed by atoms with Crippen LogP contribution in [0.25, 0.3) is 27.8 Å². The fourth-order valence-corrected chi connectivity index (χ4v) is 2.91. The summed E-state index contributed by atoms with van der Waals surface area (Å²) in [5.41, 5.74) is 4.20. The summed E-state index contributed by atoms with van der Waals surface area (Å²) < 4.78 is 7.43. The third-order valence-electron chi connectivity index (χ3n) is 4.02. The Bertz CT molecular complexity index is 1090. The molecule has 0 saturated carbocycles. The highest BCUT2D eigenvalue weighted by molar-refractivity contribution is 5.89. The fourth-order valence-electron chi connectivity index (χ4n) is 2.91. The predicted octanol–water partition coefficient (Wildman–Crippen LogP) is 4.07. The maximum absolute atomic E-state index is 11.0. The summed E-state index contributed by atoms with van der Waals surface area (Å²) in [6.07, 6.45) is 1.97. The van der Waals surface area contributed by atoms with E-state index in [9.17, 15) is 10.1 Å². The Labute approximate surface area is 137 Å². The lowest BCUT2D eigenvalue weighted by Crippen LogP contribution is -1.97. The van der Waals surface area contributed by atoms with Gasteiger partial charge in [-0.25, -0.2) is 4.98 Å². The van der Waals surface area contributed by atoms with E-state index in [1.807, 2.05) is 42.6 Å². The number of hydrogen-bond donors (Lipinski definition) is 0. The van der Waals surface area contributed by atoms with E-state index in [1.54, 1.807) is 6.07 Å². The first-order valence-corrected chi connectivity index (χ1v) is 7.37.